The van der Waals surface area contributed by atoms with Crippen LogP contribution in [0.5, 0.6) is 0 Å². The molecule has 0 amide bonds. The molecule has 0 aromatic carbocycles. The first-order valence-corrected chi connectivity index (χ1v) is 7.74. The Morgan fingerprint density at radius 1 is 1.12 bits per heavy atom. The quantitative estimate of drug-likeness (QED) is 0.295. The first-order chi connectivity index (χ1) is 11.3. The molecule has 0 spiro atoms. The fraction of sp³-hybridized carbons (Fsp3) is 0.688. The number of rotatable bonds is 8. The van der Waals surface area contributed by atoms with Gasteiger partial charge in [0.15, 0.2) is 6.29 Å². The van der Waals surface area contributed by atoms with Gasteiger partial charge in [-0.3, -0.25) is 0 Å². The number of carboxylic acid groups (broad SMARTS) is 1. The number of allylic oxidation sites excluding steroid dienone is 2. The van der Waals surface area contributed by atoms with Crippen molar-refractivity contribution < 1.29 is 39.8 Å². The van der Waals surface area contributed by atoms with Gasteiger partial charge in [0.05, 0.1) is 13.2 Å². The molecular formula is C16H26O8. The van der Waals surface area contributed by atoms with Crippen LogP contribution < -0.4 is 0 Å². The van der Waals surface area contributed by atoms with Gasteiger partial charge in [0.25, 0.3) is 0 Å². The highest BCUT2D eigenvalue weighted by Gasteiger charge is 2.43. The molecule has 5 atom stereocenters. The zero-order valence-corrected chi connectivity index (χ0v) is 13.8. The summed E-state index contributed by atoms with van der Waals surface area (Å²) in [5, 5.41) is 46.9. The van der Waals surface area contributed by atoms with E-state index in [1.807, 2.05) is 6.08 Å². The van der Waals surface area contributed by atoms with Crippen LogP contribution in [-0.4, -0.2) is 75.4 Å². The Morgan fingerprint density at radius 3 is 2.38 bits per heavy atom. The Balaban J connectivity index is 2.46. The molecule has 1 rings (SSSR count). The second-order valence-corrected chi connectivity index (χ2v) is 5.93. The molecule has 1 saturated heterocycles. The molecule has 0 aliphatic carbocycles. The van der Waals surface area contributed by atoms with Crippen LogP contribution in [0.2, 0.25) is 0 Å². The van der Waals surface area contributed by atoms with Gasteiger partial charge in [-0.25, -0.2) is 4.79 Å². The third kappa shape index (κ3) is 6.31. The van der Waals surface area contributed by atoms with Crippen molar-refractivity contribution in [3.63, 3.8) is 0 Å². The van der Waals surface area contributed by atoms with Crippen molar-refractivity contribution in [2.24, 2.45) is 0 Å². The summed E-state index contributed by atoms with van der Waals surface area (Å²) in [4.78, 5) is 10.5. The summed E-state index contributed by atoms with van der Waals surface area (Å²) in [5.41, 5.74) is 1.59. The molecule has 0 saturated carbocycles. The maximum atomic E-state index is 10.5. The number of hydrogen-bond acceptors (Lipinski definition) is 7. The summed E-state index contributed by atoms with van der Waals surface area (Å²) in [5.74, 6) is -0.973. The summed E-state index contributed by atoms with van der Waals surface area (Å²) < 4.78 is 10.6. The van der Waals surface area contributed by atoms with Gasteiger partial charge in [0.1, 0.15) is 24.4 Å². The smallest absolute Gasteiger partial charge is 0.328 e. The SMILES string of the molecule is CC(=CC(=O)O)CCC=C(C)COC1OC(CO)C(O)C(O)C1O. The van der Waals surface area contributed by atoms with Crippen molar-refractivity contribution in [1.82, 2.24) is 0 Å². The number of hydrogen-bond donors (Lipinski definition) is 5. The van der Waals surface area contributed by atoms with Gasteiger partial charge in [0.2, 0.25) is 0 Å². The lowest BCUT2D eigenvalue weighted by Crippen LogP contribution is -2.59. The summed E-state index contributed by atoms with van der Waals surface area (Å²) >= 11 is 0. The summed E-state index contributed by atoms with van der Waals surface area (Å²) in [6.45, 7) is 3.17. The zero-order valence-electron chi connectivity index (χ0n) is 13.8. The molecule has 8 heteroatoms. The number of carbonyl (C=O) groups is 1. The van der Waals surface area contributed by atoms with E-state index in [2.05, 4.69) is 0 Å². The summed E-state index contributed by atoms with van der Waals surface area (Å²) in [6, 6.07) is 0. The van der Waals surface area contributed by atoms with E-state index in [9.17, 15) is 20.1 Å². The van der Waals surface area contributed by atoms with Gasteiger partial charge in [-0.2, -0.15) is 0 Å². The Kier molecular flexibility index (Phi) is 8.54. The van der Waals surface area contributed by atoms with Gasteiger partial charge >= 0.3 is 5.97 Å². The van der Waals surface area contributed by atoms with E-state index in [1.54, 1.807) is 13.8 Å². The molecule has 0 radical (unpaired) electrons. The Morgan fingerprint density at radius 2 is 1.79 bits per heavy atom. The maximum absolute atomic E-state index is 10.5. The van der Waals surface area contributed by atoms with Crippen LogP contribution in [0.3, 0.4) is 0 Å². The molecular weight excluding hydrogens is 320 g/mol. The molecule has 5 unspecified atom stereocenters. The number of aliphatic carboxylic acids is 1. The highest BCUT2D eigenvalue weighted by Crippen LogP contribution is 2.22. The fourth-order valence-electron chi connectivity index (χ4n) is 2.31. The second kappa shape index (κ2) is 9.87. The summed E-state index contributed by atoms with van der Waals surface area (Å²) in [6.07, 6.45) is -2.17. The van der Waals surface area contributed by atoms with Crippen LogP contribution >= 0.6 is 0 Å². The molecule has 5 N–H and O–H groups in total. The average Bonchev–Trinajstić information content (AvgIpc) is 2.51. The van der Waals surface area contributed by atoms with Crippen LogP contribution in [0.1, 0.15) is 26.7 Å². The maximum Gasteiger partial charge on any atom is 0.328 e. The first-order valence-electron chi connectivity index (χ1n) is 7.74. The number of carboxylic acids is 1. The molecule has 1 fully saturated rings. The average molecular weight is 346 g/mol. The summed E-state index contributed by atoms with van der Waals surface area (Å²) in [7, 11) is 0. The van der Waals surface area contributed by atoms with E-state index in [1.165, 1.54) is 0 Å². The molecule has 1 heterocycles. The number of ether oxygens (including phenoxy) is 2. The van der Waals surface area contributed by atoms with Gasteiger partial charge in [-0.05, 0) is 26.7 Å². The molecule has 24 heavy (non-hydrogen) atoms. The van der Waals surface area contributed by atoms with E-state index >= 15 is 0 Å². The van der Waals surface area contributed by atoms with E-state index in [0.29, 0.717) is 12.8 Å². The molecule has 0 aromatic heterocycles. The standard InChI is InChI=1S/C16H26O8/c1-9(6-12(18)19)4-3-5-10(2)8-23-16-15(22)14(21)13(20)11(7-17)24-16/h5-6,11,13-17,20-22H,3-4,7-8H2,1-2H3,(H,18,19). The van der Waals surface area contributed by atoms with Crippen molar-refractivity contribution in [1.29, 1.82) is 0 Å². The molecule has 1 aliphatic heterocycles. The molecule has 8 nitrogen and oxygen atoms in total. The fourth-order valence-corrected chi connectivity index (χ4v) is 2.31. The predicted octanol–water partition coefficient (Wildman–Crippen LogP) is -0.440. The minimum atomic E-state index is -1.46. The van der Waals surface area contributed by atoms with Crippen LogP contribution in [-0.2, 0) is 14.3 Å². The van der Waals surface area contributed by atoms with E-state index in [4.69, 9.17) is 19.7 Å². The van der Waals surface area contributed by atoms with Gasteiger partial charge in [-0.1, -0.05) is 17.2 Å². The van der Waals surface area contributed by atoms with Crippen molar-refractivity contribution in [2.75, 3.05) is 13.2 Å². The van der Waals surface area contributed by atoms with Crippen molar-refractivity contribution in [3.8, 4) is 0 Å². The van der Waals surface area contributed by atoms with E-state index in [-0.39, 0.29) is 6.61 Å². The minimum Gasteiger partial charge on any atom is -0.478 e. The second-order valence-electron chi connectivity index (χ2n) is 5.93. The molecule has 1 aliphatic rings. The topological polar surface area (TPSA) is 137 Å². The van der Waals surface area contributed by atoms with E-state index < -0.39 is 43.3 Å². The third-order valence-electron chi connectivity index (χ3n) is 3.73. The molecule has 0 aromatic rings. The van der Waals surface area contributed by atoms with Gasteiger partial charge < -0.3 is 35.0 Å². The zero-order chi connectivity index (χ0) is 18.3. The highest BCUT2D eigenvalue weighted by molar-refractivity contribution is 5.80. The predicted molar refractivity (Wildman–Crippen MR) is 84.1 cm³/mol. The number of aliphatic hydroxyl groups is 4. The lowest BCUT2D eigenvalue weighted by molar-refractivity contribution is -0.299. The Hall–Kier alpha value is -1.29. The molecule has 138 valence electrons. The van der Waals surface area contributed by atoms with Gasteiger partial charge in [0, 0.05) is 6.08 Å². The normalized spacial score (nSPS) is 32.0. The van der Waals surface area contributed by atoms with Crippen molar-refractivity contribution >= 4 is 5.97 Å². The Bertz CT molecular complexity index is 471. The Labute approximate surface area is 140 Å². The van der Waals surface area contributed by atoms with E-state index in [0.717, 1.165) is 17.2 Å². The largest absolute Gasteiger partial charge is 0.478 e. The molecule has 0 bridgehead atoms. The lowest BCUT2D eigenvalue weighted by Gasteiger charge is -2.39. The first kappa shape index (κ1) is 20.8. The highest BCUT2D eigenvalue weighted by atomic mass is 16.7. The van der Waals surface area contributed by atoms with Crippen molar-refractivity contribution in [2.45, 2.75) is 57.4 Å². The van der Waals surface area contributed by atoms with Gasteiger partial charge in [-0.15, -0.1) is 0 Å². The number of aliphatic hydroxyl groups excluding tert-OH is 4. The van der Waals surface area contributed by atoms with Crippen LogP contribution in [0.15, 0.2) is 23.3 Å². The van der Waals surface area contributed by atoms with Crippen molar-refractivity contribution in [3.05, 3.63) is 23.3 Å². The van der Waals surface area contributed by atoms with Crippen LogP contribution in [0, 0.1) is 0 Å². The minimum absolute atomic E-state index is 0.129. The van der Waals surface area contributed by atoms with Crippen LogP contribution in [0.25, 0.3) is 0 Å². The van der Waals surface area contributed by atoms with Crippen LogP contribution in [0.4, 0.5) is 0 Å². The third-order valence-corrected chi connectivity index (χ3v) is 3.73. The monoisotopic (exact) mass is 346 g/mol. The lowest BCUT2D eigenvalue weighted by atomic mass is 9.99.